The summed E-state index contributed by atoms with van der Waals surface area (Å²) >= 11 is 0. The number of hydrazine groups is 1. The van der Waals surface area contributed by atoms with Gasteiger partial charge in [-0.25, -0.2) is 10.8 Å². The fourth-order valence-corrected chi connectivity index (χ4v) is 0.932. The third-order valence-electron chi connectivity index (χ3n) is 2.28. The maximum atomic E-state index is 9.52. The number of nitrogens with zero attached hydrogens (tertiary/aromatic N) is 2. The highest BCUT2D eigenvalue weighted by molar-refractivity contribution is 5.41. The molecule has 0 aromatic carbocycles. The van der Waals surface area contributed by atoms with Crippen LogP contribution in [-0.4, -0.2) is 26.7 Å². The highest BCUT2D eigenvalue weighted by Gasteiger charge is 2.24. The van der Waals surface area contributed by atoms with Gasteiger partial charge >= 0.3 is 0 Å². The third kappa shape index (κ3) is 3.03. The second kappa shape index (κ2) is 4.41. The average Bonchev–Trinajstić information content (AvgIpc) is 2.17. The Hall–Kier alpha value is -1.40. The zero-order valence-electron chi connectivity index (χ0n) is 9.15. The van der Waals surface area contributed by atoms with Gasteiger partial charge in [-0.1, -0.05) is 0 Å². The molecule has 1 heterocycles. The van der Waals surface area contributed by atoms with E-state index in [4.69, 9.17) is 5.84 Å². The first-order chi connectivity index (χ1) is 6.95. The van der Waals surface area contributed by atoms with Crippen LogP contribution in [0.1, 0.15) is 20.8 Å². The summed E-state index contributed by atoms with van der Waals surface area (Å²) in [6.45, 7) is 5.49. The van der Waals surface area contributed by atoms with Crippen LogP contribution in [0.4, 0.5) is 11.8 Å². The molecule has 0 saturated carbocycles. The molecule has 6 nitrogen and oxygen atoms in total. The van der Waals surface area contributed by atoms with E-state index < -0.39 is 11.6 Å². The normalized spacial score (nSPS) is 13.4. The van der Waals surface area contributed by atoms with E-state index in [2.05, 4.69) is 20.7 Å². The van der Waals surface area contributed by atoms with Crippen LogP contribution in [0, 0.1) is 0 Å². The SMILES string of the molecule is CC(O)C(C)(C)Nc1ccnc(NN)n1. The summed E-state index contributed by atoms with van der Waals surface area (Å²) in [5.41, 5.74) is 1.90. The van der Waals surface area contributed by atoms with Crippen molar-refractivity contribution in [1.29, 1.82) is 0 Å². The number of rotatable bonds is 4. The summed E-state index contributed by atoms with van der Waals surface area (Å²) in [4.78, 5) is 7.97. The second-order valence-corrected chi connectivity index (χ2v) is 3.93. The van der Waals surface area contributed by atoms with E-state index in [-0.39, 0.29) is 0 Å². The molecule has 5 N–H and O–H groups in total. The summed E-state index contributed by atoms with van der Waals surface area (Å²) in [5.74, 6) is 6.14. The highest BCUT2D eigenvalue weighted by Crippen LogP contribution is 2.16. The van der Waals surface area contributed by atoms with Crippen molar-refractivity contribution in [2.24, 2.45) is 5.84 Å². The lowest BCUT2D eigenvalue weighted by atomic mass is 9.99. The van der Waals surface area contributed by atoms with Crippen LogP contribution in [0.2, 0.25) is 0 Å². The van der Waals surface area contributed by atoms with Crippen LogP contribution >= 0.6 is 0 Å². The van der Waals surface area contributed by atoms with Crippen molar-refractivity contribution in [3.05, 3.63) is 12.3 Å². The van der Waals surface area contributed by atoms with Crippen LogP contribution in [0.3, 0.4) is 0 Å². The van der Waals surface area contributed by atoms with Crippen LogP contribution in [-0.2, 0) is 0 Å². The summed E-state index contributed by atoms with van der Waals surface area (Å²) in [6.07, 6.45) is 1.09. The van der Waals surface area contributed by atoms with Crippen molar-refractivity contribution in [2.45, 2.75) is 32.4 Å². The molecule has 0 spiro atoms. The Bertz CT molecular complexity index is 326. The Labute approximate surface area is 88.9 Å². The van der Waals surface area contributed by atoms with E-state index in [0.29, 0.717) is 11.8 Å². The van der Waals surface area contributed by atoms with E-state index in [1.807, 2.05) is 13.8 Å². The maximum Gasteiger partial charge on any atom is 0.239 e. The molecule has 0 radical (unpaired) electrons. The molecule has 0 fully saturated rings. The van der Waals surface area contributed by atoms with Crippen molar-refractivity contribution in [3.63, 3.8) is 0 Å². The van der Waals surface area contributed by atoms with Gasteiger partial charge in [0.05, 0.1) is 11.6 Å². The number of aliphatic hydroxyl groups is 1. The van der Waals surface area contributed by atoms with E-state index in [9.17, 15) is 5.11 Å². The van der Waals surface area contributed by atoms with Gasteiger partial charge in [-0.15, -0.1) is 0 Å². The van der Waals surface area contributed by atoms with Gasteiger partial charge in [-0.2, -0.15) is 4.98 Å². The smallest absolute Gasteiger partial charge is 0.239 e. The van der Waals surface area contributed by atoms with Gasteiger partial charge in [0, 0.05) is 6.20 Å². The number of nitrogen functional groups attached to an aromatic ring is 1. The summed E-state index contributed by atoms with van der Waals surface area (Å²) in [5, 5.41) is 12.6. The number of aliphatic hydroxyl groups excluding tert-OH is 1. The number of hydrogen-bond donors (Lipinski definition) is 4. The van der Waals surface area contributed by atoms with Gasteiger partial charge in [0.2, 0.25) is 5.95 Å². The van der Waals surface area contributed by atoms with Crippen LogP contribution in [0.25, 0.3) is 0 Å². The molecule has 1 aromatic heterocycles. The van der Waals surface area contributed by atoms with E-state index in [1.165, 1.54) is 0 Å². The molecule has 0 saturated heterocycles. The minimum Gasteiger partial charge on any atom is -0.391 e. The Morgan fingerprint density at radius 3 is 2.73 bits per heavy atom. The lowest BCUT2D eigenvalue weighted by molar-refractivity contribution is 0.133. The lowest BCUT2D eigenvalue weighted by Crippen LogP contribution is -2.42. The molecule has 0 aliphatic carbocycles. The Balaban J connectivity index is 2.80. The first kappa shape index (κ1) is 11.7. The predicted octanol–water partition coefficient (Wildman–Crippen LogP) is 0.333. The van der Waals surface area contributed by atoms with Crippen molar-refractivity contribution < 1.29 is 5.11 Å². The molecular weight excluding hydrogens is 194 g/mol. The van der Waals surface area contributed by atoms with Gasteiger partial charge in [-0.3, -0.25) is 5.43 Å². The molecular formula is C9H17N5O. The Morgan fingerprint density at radius 2 is 2.20 bits per heavy atom. The van der Waals surface area contributed by atoms with Crippen molar-refractivity contribution in [2.75, 3.05) is 10.7 Å². The van der Waals surface area contributed by atoms with Gasteiger partial charge in [0.25, 0.3) is 0 Å². The first-order valence-electron chi connectivity index (χ1n) is 4.71. The minimum absolute atomic E-state index is 0.335. The monoisotopic (exact) mass is 211 g/mol. The van der Waals surface area contributed by atoms with Gasteiger partial charge in [0.15, 0.2) is 0 Å². The fourth-order valence-electron chi connectivity index (χ4n) is 0.932. The zero-order chi connectivity index (χ0) is 11.5. The van der Waals surface area contributed by atoms with Crippen molar-refractivity contribution >= 4 is 11.8 Å². The van der Waals surface area contributed by atoms with Crippen LogP contribution in [0.5, 0.6) is 0 Å². The quantitative estimate of drug-likeness (QED) is 0.423. The molecule has 15 heavy (non-hydrogen) atoms. The Kier molecular flexibility index (Phi) is 3.43. The number of aromatic nitrogens is 2. The zero-order valence-corrected chi connectivity index (χ0v) is 9.15. The average molecular weight is 211 g/mol. The molecule has 0 amide bonds. The maximum absolute atomic E-state index is 9.52. The van der Waals surface area contributed by atoms with Gasteiger partial charge in [-0.05, 0) is 26.8 Å². The molecule has 84 valence electrons. The molecule has 1 rings (SSSR count). The largest absolute Gasteiger partial charge is 0.391 e. The van der Waals surface area contributed by atoms with Crippen LogP contribution < -0.4 is 16.6 Å². The third-order valence-corrected chi connectivity index (χ3v) is 2.28. The van der Waals surface area contributed by atoms with Crippen molar-refractivity contribution in [3.8, 4) is 0 Å². The number of nitrogens with one attached hydrogen (secondary N) is 2. The standard InChI is InChI=1S/C9H17N5O/c1-6(15)9(2,3)13-7-4-5-11-8(12-7)14-10/h4-6,15H,10H2,1-3H3,(H2,11,12,13,14). The van der Waals surface area contributed by atoms with E-state index in [0.717, 1.165) is 0 Å². The van der Waals surface area contributed by atoms with Crippen LogP contribution in [0.15, 0.2) is 12.3 Å². The first-order valence-corrected chi connectivity index (χ1v) is 4.71. The minimum atomic E-state index is -0.498. The molecule has 0 aliphatic heterocycles. The molecule has 0 bridgehead atoms. The number of anilines is 2. The van der Waals surface area contributed by atoms with E-state index >= 15 is 0 Å². The summed E-state index contributed by atoms with van der Waals surface area (Å²) in [7, 11) is 0. The number of hydrogen-bond acceptors (Lipinski definition) is 6. The van der Waals surface area contributed by atoms with Gasteiger partial charge < -0.3 is 10.4 Å². The molecule has 1 atom stereocenters. The lowest BCUT2D eigenvalue weighted by Gasteiger charge is -2.29. The highest BCUT2D eigenvalue weighted by atomic mass is 16.3. The molecule has 1 unspecified atom stereocenters. The van der Waals surface area contributed by atoms with Crippen molar-refractivity contribution in [1.82, 2.24) is 9.97 Å². The molecule has 0 aliphatic rings. The topological polar surface area (TPSA) is 96.1 Å². The fraction of sp³-hybridized carbons (Fsp3) is 0.556. The van der Waals surface area contributed by atoms with E-state index in [1.54, 1.807) is 19.2 Å². The predicted molar refractivity (Wildman–Crippen MR) is 59.2 cm³/mol. The molecule has 1 aromatic rings. The Morgan fingerprint density at radius 1 is 1.53 bits per heavy atom. The summed E-state index contributed by atoms with van der Waals surface area (Å²) in [6, 6.07) is 1.71. The van der Waals surface area contributed by atoms with Gasteiger partial charge in [0.1, 0.15) is 5.82 Å². The summed E-state index contributed by atoms with van der Waals surface area (Å²) < 4.78 is 0. The molecule has 6 heteroatoms. The second-order valence-electron chi connectivity index (χ2n) is 3.93. The number of nitrogens with two attached hydrogens (primary N) is 1.